The molecule has 2 heterocycles. The van der Waals surface area contributed by atoms with Gasteiger partial charge in [-0.15, -0.1) is 0 Å². The van der Waals surface area contributed by atoms with Gasteiger partial charge in [0.2, 0.25) is 5.43 Å². The molecule has 2 aromatic rings. The number of fused-ring (bicyclic) bond motifs is 2. The number of ketones is 1. The van der Waals surface area contributed by atoms with Gasteiger partial charge in [-0.3, -0.25) is 14.4 Å². The van der Waals surface area contributed by atoms with Crippen molar-refractivity contribution in [3.05, 3.63) is 63.3 Å². The molecule has 158 valence electrons. The monoisotopic (exact) mass is 414 g/mol. The third-order valence-corrected chi connectivity index (χ3v) is 6.66. The summed E-state index contributed by atoms with van der Waals surface area (Å²) in [5.74, 6) is -2.14. The van der Waals surface area contributed by atoms with Crippen molar-refractivity contribution in [2.45, 2.75) is 44.9 Å². The molecule has 1 saturated carbocycles. The molecule has 1 aromatic carbocycles. The molecule has 1 amide bonds. The highest BCUT2D eigenvalue weighted by Crippen LogP contribution is 2.54. The fourth-order valence-electron chi connectivity index (χ4n) is 4.79. The molecule has 1 fully saturated rings. The first-order chi connectivity index (χ1) is 14.2. The number of halogens is 1. The van der Waals surface area contributed by atoms with Crippen LogP contribution in [0.5, 0.6) is 5.75 Å². The summed E-state index contributed by atoms with van der Waals surface area (Å²) < 4.78 is 20.3. The molecule has 7 nitrogen and oxygen atoms in total. The highest BCUT2D eigenvalue weighted by molar-refractivity contribution is 6.04. The molecule has 30 heavy (non-hydrogen) atoms. The van der Waals surface area contributed by atoms with Crippen molar-refractivity contribution in [3.63, 3.8) is 0 Å². The van der Waals surface area contributed by atoms with Gasteiger partial charge in [0.15, 0.2) is 11.5 Å². The molecule has 2 unspecified atom stereocenters. The van der Waals surface area contributed by atoms with Gasteiger partial charge in [-0.2, -0.15) is 0 Å². The van der Waals surface area contributed by atoms with E-state index in [0.29, 0.717) is 18.4 Å². The van der Waals surface area contributed by atoms with Crippen LogP contribution in [0.15, 0.2) is 35.3 Å². The van der Waals surface area contributed by atoms with Crippen molar-refractivity contribution >= 4 is 11.7 Å². The Morgan fingerprint density at radius 2 is 1.97 bits per heavy atom. The molecule has 8 heteroatoms. The minimum absolute atomic E-state index is 0.0767. The number of amides is 1. The number of carbonyl (C=O) groups excluding carboxylic acids is 2. The van der Waals surface area contributed by atoms with Gasteiger partial charge in [0.25, 0.3) is 5.91 Å². The van der Waals surface area contributed by atoms with Crippen LogP contribution in [0.1, 0.15) is 52.6 Å². The Morgan fingerprint density at radius 1 is 1.27 bits per heavy atom. The van der Waals surface area contributed by atoms with E-state index in [1.54, 1.807) is 7.11 Å². The van der Waals surface area contributed by atoms with E-state index in [1.165, 1.54) is 35.0 Å². The molecule has 2 N–H and O–H groups in total. The number of carbonyl (C=O) groups is 2. The molecular weight excluding hydrogens is 391 g/mol. The quantitative estimate of drug-likeness (QED) is 0.801. The lowest BCUT2D eigenvalue weighted by Crippen LogP contribution is -2.56. The second-order valence-corrected chi connectivity index (χ2v) is 8.22. The molecule has 1 aliphatic carbocycles. The number of methoxy groups -OCH3 is 1. The minimum atomic E-state index is -0.891. The number of hydrogen-bond donors (Lipinski definition) is 2. The summed E-state index contributed by atoms with van der Waals surface area (Å²) in [6.45, 7) is 2.15. The Hall–Kier alpha value is -3.00. The van der Waals surface area contributed by atoms with E-state index in [2.05, 4.69) is 5.32 Å². The number of pyridine rings is 1. The van der Waals surface area contributed by atoms with Crippen molar-refractivity contribution in [1.82, 2.24) is 9.88 Å². The number of Topliss-reactive ketones (excluding diaryl/α,β-unsaturated/α-hetero) is 1. The van der Waals surface area contributed by atoms with Crippen LogP contribution in [0.4, 0.5) is 4.39 Å². The molecule has 0 saturated heterocycles. The van der Waals surface area contributed by atoms with Crippen LogP contribution in [-0.4, -0.2) is 34.1 Å². The van der Waals surface area contributed by atoms with Crippen LogP contribution in [0.3, 0.4) is 0 Å². The number of hydrogen-bond acceptors (Lipinski definition) is 5. The van der Waals surface area contributed by atoms with Crippen LogP contribution >= 0.6 is 0 Å². The number of benzene rings is 1. The highest BCUT2D eigenvalue weighted by atomic mass is 19.1. The Morgan fingerprint density at radius 3 is 2.63 bits per heavy atom. The summed E-state index contributed by atoms with van der Waals surface area (Å²) in [5.41, 5.74) is -2.16. The second kappa shape index (κ2) is 7.05. The normalized spacial score (nSPS) is 25.0. The Labute approximate surface area is 172 Å². The maximum Gasteiger partial charge on any atom is 0.257 e. The van der Waals surface area contributed by atoms with Gasteiger partial charge in [0, 0.05) is 19.9 Å². The number of aromatic nitrogens is 1. The third-order valence-electron chi connectivity index (χ3n) is 6.66. The van der Waals surface area contributed by atoms with E-state index in [4.69, 9.17) is 4.74 Å². The van der Waals surface area contributed by atoms with E-state index < -0.39 is 33.9 Å². The predicted molar refractivity (Wildman–Crippen MR) is 106 cm³/mol. The van der Waals surface area contributed by atoms with Crippen LogP contribution in [-0.2, 0) is 17.8 Å². The zero-order valence-electron chi connectivity index (χ0n) is 16.8. The van der Waals surface area contributed by atoms with Crippen molar-refractivity contribution in [1.29, 1.82) is 0 Å². The molecular formula is C22H23FN2O5. The second-order valence-electron chi connectivity index (χ2n) is 8.22. The van der Waals surface area contributed by atoms with Crippen molar-refractivity contribution < 1.29 is 23.8 Å². The molecule has 4 rings (SSSR count). The Balaban J connectivity index is 1.69. The largest absolute Gasteiger partial charge is 0.503 e. The van der Waals surface area contributed by atoms with E-state index in [-0.39, 0.29) is 30.1 Å². The van der Waals surface area contributed by atoms with E-state index in [0.717, 1.165) is 6.42 Å². The molecule has 2 atom stereocenters. The van der Waals surface area contributed by atoms with E-state index in [9.17, 15) is 23.9 Å². The zero-order valence-corrected chi connectivity index (χ0v) is 16.8. The first kappa shape index (κ1) is 20.3. The summed E-state index contributed by atoms with van der Waals surface area (Å²) in [6, 6.07) is 5.59. The van der Waals surface area contributed by atoms with Gasteiger partial charge in [0.1, 0.15) is 17.1 Å². The van der Waals surface area contributed by atoms with E-state index >= 15 is 0 Å². The van der Waals surface area contributed by atoms with Crippen LogP contribution in [0, 0.1) is 11.2 Å². The predicted octanol–water partition coefficient (Wildman–Crippen LogP) is 2.39. The summed E-state index contributed by atoms with van der Waals surface area (Å²) in [6.07, 6.45) is 3.38. The summed E-state index contributed by atoms with van der Waals surface area (Å²) in [4.78, 5) is 38.6. The summed E-state index contributed by atoms with van der Waals surface area (Å²) in [5, 5.41) is 13.1. The first-order valence-electron chi connectivity index (χ1n) is 9.81. The van der Waals surface area contributed by atoms with Crippen molar-refractivity contribution in [2.24, 2.45) is 5.41 Å². The number of rotatable bonds is 4. The standard InChI is InChI=1S/C22H23FN2O5/c1-21-8-3-9-22(21,30-2)12-25-11-15(17(26)18(27)16(25)19(21)28)20(29)24-10-13-4-6-14(23)7-5-13/h4-7,11,27H,3,8-10,12H2,1-2H3,(H,24,29). The number of nitrogens with zero attached hydrogens (tertiary/aromatic N) is 1. The van der Waals surface area contributed by atoms with Gasteiger partial charge in [-0.25, -0.2) is 4.39 Å². The fourth-order valence-corrected chi connectivity index (χ4v) is 4.79. The van der Waals surface area contributed by atoms with Crippen LogP contribution < -0.4 is 10.7 Å². The molecule has 0 radical (unpaired) electrons. The van der Waals surface area contributed by atoms with Crippen LogP contribution in [0.2, 0.25) is 0 Å². The smallest absolute Gasteiger partial charge is 0.257 e. The zero-order chi connectivity index (χ0) is 21.7. The summed E-state index contributed by atoms with van der Waals surface area (Å²) >= 11 is 0. The molecule has 1 aromatic heterocycles. The van der Waals surface area contributed by atoms with E-state index in [1.807, 2.05) is 6.92 Å². The van der Waals surface area contributed by atoms with Gasteiger partial charge in [-0.05, 0) is 43.9 Å². The highest BCUT2D eigenvalue weighted by Gasteiger charge is 2.60. The minimum Gasteiger partial charge on any atom is -0.503 e. The van der Waals surface area contributed by atoms with Gasteiger partial charge in [-0.1, -0.05) is 12.1 Å². The van der Waals surface area contributed by atoms with Crippen molar-refractivity contribution in [3.8, 4) is 5.75 Å². The average molecular weight is 414 g/mol. The molecule has 2 aliphatic rings. The van der Waals surface area contributed by atoms with Crippen LogP contribution in [0.25, 0.3) is 0 Å². The third kappa shape index (κ3) is 2.86. The lowest BCUT2D eigenvalue weighted by Gasteiger charge is -2.46. The SMILES string of the molecule is COC12CCCC1(C)C(=O)c1c(O)c(=O)c(C(=O)NCc3ccc(F)cc3)cn1C2. The lowest BCUT2D eigenvalue weighted by atomic mass is 9.69. The van der Waals surface area contributed by atoms with Gasteiger partial charge in [0.05, 0.1) is 17.6 Å². The van der Waals surface area contributed by atoms with Gasteiger partial charge >= 0.3 is 0 Å². The molecule has 0 spiro atoms. The molecule has 1 aliphatic heterocycles. The average Bonchev–Trinajstić information content (AvgIpc) is 3.08. The molecule has 0 bridgehead atoms. The topological polar surface area (TPSA) is 97.6 Å². The van der Waals surface area contributed by atoms with Gasteiger partial charge < -0.3 is 19.7 Å². The summed E-state index contributed by atoms with van der Waals surface area (Å²) in [7, 11) is 1.56. The fraction of sp³-hybridized carbons (Fsp3) is 0.409. The Bertz CT molecular complexity index is 1090. The lowest BCUT2D eigenvalue weighted by molar-refractivity contribution is -0.0892. The number of nitrogens with one attached hydrogen (secondary N) is 1. The number of aromatic hydroxyl groups is 1. The maximum atomic E-state index is 13.2. The Kier molecular flexibility index (Phi) is 4.77. The van der Waals surface area contributed by atoms with Crippen molar-refractivity contribution in [2.75, 3.05) is 7.11 Å². The maximum absolute atomic E-state index is 13.2. The first-order valence-corrected chi connectivity index (χ1v) is 9.81. The number of ether oxygens (including phenoxy) is 1.